The highest BCUT2D eigenvalue weighted by Gasteiger charge is 2.09. The molecule has 0 saturated heterocycles. The van der Waals surface area contributed by atoms with E-state index in [-0.39, 0.29) is 5.54 Å². The second-order valence-corrected chi connectivity index (χ2v) is 6.93. The molecule has 128 valence electrons. The Morgan fingerprint density at radius 1 is 1.17 bits per heavy atom. The molecular weight excluding hydrogens is 300 g/mol. The summed E-state index contributed by atoms with van der Waals surface area (Å²) >= 11 is 0. The van der Waals surface area contributed by atoms with Crippen LogP contribution in [0.5, 0.6) is 11.6 Å². The van der Waals surface area contributed by atoms with E-state index in [2.05, 4.69) is 29.1 Å². The van der Waals surface area contributed by atoms with Crippen LogP contribution in [0.1, 0.15) is 37.5 Å². The van der Waals surface area contributed by atoms with Gasteiger partial charge in [0.05, 0.1) is 6.54 Å². The van der Waals surface area contributed by atoms with E-state index in [4.69, 9.17) is 10.5 Å². The quantitative estimate of drug-likeness (QED) is 0.664. The van der Waals surface area contributed by atoms with Crippen LogP contribution in [0, 0.1) is 13.8 Å². The van der Waals surface area contributed by atoms with E-state index < -0.39 is 0 Å². The fraction of sp³-hybridized carbons (Fsp3) is 0.368. The zero-order valence-electron chi connectivity index (χ0n) is 15.1. The molecule has 0 radical (unpaired) electrons. The van der Waals surface area contributed by atoms with Gasteiger partial charge in [0.1, 0.15) is 5.75 Å². The maximum absolute atomic E-state index is 5.89. The molecule has 0 unspecified atom stereocenters. The number of rotatable bonds is 4. The number of hydrogen-bond acceptors (Lipinski definition) is 3. The van der Waals surface area contributed by atoms with Crippen molar-refractivity contribution in [2.75, 3.05) is 0 Å². The number of nitrogens with two attached hydrogens (primary N) is 1. The normalized spacial score (nSPS) is 12.1. The zero-order valence-corrected chi connectivity index (χ0v) is 15.1. The summed E-state index contributed by atoms with van der Waals surface area (Å²) in [7, 11) is 0. The number of hydrogen-bond donors (Lipinski definition) is 2. The van der Waals surface area contributed by atoms with Crippen molar-refractivity contribution in [3.8, 4) is 11.6 Å². The van der Waals surface area contributed by atoms with Gasteiger partial charge in [-0.1, -0.05) is 6.07 Å². The van der Waals surface area contributed by atoms with Crippen LogP contribution in [0.3, 0.4) is 0 Å². The molecule has 2 aromatic rings. The Balaban J connectivity index is 2.06. The second kappa shape index (κ2) is 7.34. The lowest BCUT2D eigenvalue weighted by atomic mass is 10.1. The van der Waals surface area contributed by atoms with Gasteiger partial charge >= 0.3 is 0 Å². The SMILES string of the molecule is Cc1ccc(Oc2cc(CN=C(N)NC(C)(C)C)ccn2)cc1C. The summed E-state index contributed by atoms with van der Waals surface area (Å²) in [6.07, 6.45) is 1.72. The van der Waals surface area contributed by atoms with E-state index in [0.717, 1.165) is 11.3 Å². The number of aryl methyl sites for hydroxylation is 2. The number of benzene rings is 1. The largest absolute Gasteiger partial charge is 0.439 e. The minimum absolute atomic E-state index is 0.108. The van der Waals surface area contributed by atoms with E-state index in [1.165, 1.54) is 11.1 Å². The summed E-state index contributed by atoms with van der Waals surface area (Å²) in [5.74, 6) is 1.75. The molecule has 2 rings (SSSR count). The molecule has 1 aromatic heterocycles. The average Bonchev–Trinajstić information content (AvgIpc) is 2.48. The molecule has 0 aliphatic rings. The molecule has 0 atom stereocenters. The van der Waals surface area contributed by atoms with Crippen LogP contribution in [0.4, 0.5) is 0 Å². The maximum Gasteiger partial charge on any atom is 0.219 e. The molecular formula is C19H26N4O. The monoisotopic (exact) mass is 326 g/mol. The predicted octanol–water partition coefficient (Wildman–Crippen LogP) is 3.69. The van der Waals surface area contributed by atoms with Gasteiger partial charge in [-0.3, -0.25) is 0 Å². The van der Waals surface area contributed by atoms with Gasteiger partial charge in [-0.15, -0.1) is 0 Å². The molecule has 1 aromatic carbocycles. The molecule has 0 amide bonds. The predicted molar refractivity (Wildman–Crippen MR) is 98.4 cm³/mol. The van der Waals surface area contributed by atoms with Crippen molar-refractivity contribution in [1.29, 1.82) is 0 Å². The Morgan fingerprint density at radius 3 is 2.58 bits per heavy atom. The lowest BCUT2D eigenvalue weighted by Crippen LogP contribution is -2.44. The van der Waals surface area contributed by atoms with Crippen LogP contribution >= 0.6 is 0 Å². The lowest BCUT2D eigenvalue weighted by Gasteiger charge is -2.21. The Kier molecular flexibility index (Phi) is 5.44. The number of ether oxygens (including phenoxy) is 1. The van der Waals surface area contributed by atoms with Crippen molar-refractivity contribution in [2.24, 2.45) is 10.7 Å². The molecule has 1 heterocycles. The van der Waals surface area contributed by atoms with Crippen molar-refractivity contribution < 1.29 is 4.74 Å². The topological polar surface area (TPSA) is 72.5 Å². The maximum atomic E-state index is 5.89. The van der Waals surface area contributed by atoms with Crippen molar-refractivity contribution in [3.63, 3.8) is 0 Å². The number of pyridine rings is 1. The third-order valence-electron chi connectivity index (χ3n) is 3.44. The van der Waals surface area contributed by atoms with Gasteiger partial charge in [0.25, 0.3) is 0 Å². The first-order valence-corrected chi connectivity index (χ1v) is 8.01. The van der Waals surface area contributed by atoms with Crippen molar-refractivity contribution in [3.05, 3.63) is 53.2 Å². The van der Waals surface area contributed by atoms with Gasteiger partial charge in [-0.05, 0) is 69.5 Å². The summed E-state index contributed by atoms with van der Waals surface area (Å²) in [5, 5.41) is 3.14. The van der Waals surface area contributed by atoms with Gasteiger partial charge < -0.3 is 15.8 Å². The second-order valence-electron chi connectivity index (χ2n) is 6.93. The Hall–Kier alpha value is -2.56. The number of nitrogens with one attached hydrogen (secondary N) is 1. The average molecular weight is 326 g/mol. The highest BCUT2D eigenvalue weighted by molar-refractivity contribution is 5.78. The molecule has 0 spiro atoms. The van der Waals surface area contributed by atoms with Crippen LogP contribution in [-0.2, 0) is 6.54 Å². The summed E-state index contributed by atoms with van der Waals surface area (Å²) in [6, 6.07) is 9.77. The molecule has 3 N–H and O–H groups in total. The highest BCUT2D eigenvalue weighted by Crippen LogP contribution is 2.22. The first-order valence-electron chi connectivity index (χ1n) is 8.01. The van der Waals surface area contributed by atoms with Crippen molar-refractivity contribution in [1.82, 2.24) is 10.3 Å². The summed E-state index contributed by atoms with van der Waals surface area (Å²) in [4.78, 5) is 8.61. The van der Waals surface area contributed by atoms with Crippen molar-refractivity contribution >= 4 is 5.96 Å². The van der Waals surface area contributed by atoms with Crippen LogP contribution < -0.4 is 15.8 Å². The Bertz CT molecular complexity index is 732. The number of guanidine groups is 1. The van der Waals surface area contributed by atoms with E-state index in [1.807, 2.05) is 51.1 Å². The van der Waals surface area contributed by atoms with Crippen LogP contribution in [0.15, 0.2) is 41.5 Å². The molecule has 5 nitrogen and oxygen atoms in total. The third-order valence-corrected chi connectivity index (χ3v) is 3.44. The van der Waals surface area contributed by atoms with E-state index >= 15 is 0 Å². The first kappa shape index (κ1) is 17.8. The standard InChI is InChI=1S/C19H26N4O/c1-13-6-7-16(10-14(13)2)24-17-11-15(8-9-21-17)12-22-18(20)23-19(3,4)5/h6-11H,12H2,1-5H3,(H3,20,22,23). The summed E-state index contributed by atoms with van der Waals surface area (Å²) < 4.78 is 5.84. The molecule has 24 heavy (non-hydrogen) atoms. The molecule has 5 heteroatoms. The minimum atomic E-state index is -0.108. The van der Waals surface area contributed by atoms with Crippen LogP contribution in [0.2, 0.25) is 0 Å². The summed E-state index contributed by atoms with van der Waals surface area (Å²) in [5.41, 5.74) is 9.20. The number of aliphatic imine (C=N–C) groups is 1. The third kappa shape index (κ3) is 5.57. The van der Waals surface area contributed by atoms with Crippen LogP contribution in [-0.4, -0.2) is 16.5 Å². The highest BCUT2D eigenvalue weighted by atomic mass is 16.5. The van der Waals surface area contributed by atoms with Crippen molar-refractivity contribution in [2.45, 2.75) is 46.7 Å². The molecule has 0 saturated carbocycles. The van der Waals surface area contributed by atoms with Gasteiger partial charge in [-0.25, -0.2) is 9.98 Å². The van der Waals surface area contributed by atoms with E-state index in [1.54, 1.807) is 6.20 Å². The van der Waals surface area contributed by atoms with Gasteiger partial charge in [0.2, 0.25) is 5.88 Å². The molecule has 0 aliphatic carbocycles. The lowest BCUT2D eigenvalue weighted by molar-refractivity contribution is 0.461. The fourth-order valence-corrected chi connectivity index (χ4v) is 2.10. The fourth-order valence-electron chi connectivity index (χ4n) is 2.10. The summed E-state index contributed by atoms with van der Waals surface area (Å²) in [6.45, 7) is 10.7. The Morgan fingerprint density at radius 2 is 1.92 bits per heavy atom. The van der Waals surface area contributed by atoms with E-state index in [0.29, 0.717) is 18.4 Å². The van der Waals surface area contributed by atoms with Gasteiger partial charge in [0.15, 0.2) is 5.96 Å². The number of aromatic nitrogens is 1. The molecule has 0 fully saturated rings. The minimum Gasteiger partial charge on any atom is -0.439 e. The van der Waals surface area contributed by atoms with Crippen LogP contribution in [0.25, 0.3) is 0 Å². The molecule has 0 bridgehead atoms. The van der Waals surface area contributed by atoms with Gasteiger partial charge in [0, 0.05) is 17.8 Å². The van der Waals surface area contributed by atoms with E-state index in [9.17, 15) is 0 Å². The Labute approximate surface area is 144 Å². The number of nitrogens with zero attached hydrogens (tertiary/aromatic N) is 2. The molecule has 0 aliphatic heterocycles. The first-order chi connectivity index (χ1) is 11.2. The van der Waals surface area contributed by atoms with Gasteiger partial charge in [-0.2, -0.15) is 0 Å². The zero-order chi connectivity index (χ0) is 17.7. The smallest absolute Gasteiger partial charge is 0.219 e.